The minimum atomic E-state index is -1.48. The third-order valence-electron chi connectivity index (χ3n) is 3.41. The number of benzene rings is 1. The predicted molar refractivity (Wildman–Crippen MR) is 83.7 cm³/mol. The fraction of sp³-hybridized carbons (Fsp3) is 0.312. The van der Waals surface area contributed by atoms with Crippen LogP contribution in [0.4, 0.5) is 0 Å². The Balaban J connectivity index is 2.15. The van der Waals surface area contributed by atoms with Gasteiger partial charge in [-0.3, -0.25) is 4.79 Å². The molecule has 1 aromatic heterocycles. The molecule has 1 heterocycles. The normalized spacial score (nSPS) is 13.3. The maximum atomic E-state index is 12.2. The minimum Gasteiger partial charge on any atom is -0.479 e. The second kappa shape index (κ2) is 6.62. The summed E-state index contributed by atoms with van der Waals surface area (Å²) < 4.78 is 6.57. The standard InChI is InChI=1S/C16H19N3O4/c1-11-8-9-19(18-11)13-6-4-12(5-7-13)14(20)17-16(2,10-23-3)15(21)22/h4-9H,10H2,1-3H3,(H,17,20)(H,21,22)/t16-/m1/s1. The Bertz CT molecular complexity index is 708. The highest BCUT2D eigenvalue weighted by Crippen LogP contribution is 2.12. The molecule has 0 bridgehead atoms. The highest BCUT2D eigenvalue weighted by atomic mass is 16.5. The molecule has 1 amide bonds. The molecule has 2 N–H and O–H groups in total. The zero-order valence-corrected chi connectivity index (χ0v) is 13.2. The van der Waals surface area contributed by atoms with E-state index in [0.29, 0.717) is 5.56 Å². The van der Waals surface area contributed by atoms with E-state index in [9.17, 15) is 14.7 Å². The van der Waals surface area contributed by atoms with Crippen molar-refractivity contribution in [2.75, 3.05) is 13.7 Å². The zero-order valence-electron chi connectivity index (χ0n) is 13.2. The van der Waals surface area contributed by atoms with E-state index in [1.807, 2.05) is 19.2 Å². The van der Waals surface area contributed by atoms with Gasteiger partial charge in [0, 0.05) is 18.9 Å². The summed E-state index contributed by atoms with van der Waals surface area (Å²) in [5, 5.41) is 16.0. The number of nitrogens with one attached hydrogen (secondary N) is 1. The van der Waals surface area contributed by atoms with Crippen molar-refractivity contribution in [3.8, 4) is 5.69 Å². The molecule has 0 aliphatic heterocycles. The number of carboxylic acid groups (broad SMARTS) is 1. The lowest BCUT2D eigenvalue weighted by atomic mass is 10.0. The molecule has 0 spiro atoms. The van der Waals surface area contributed by atoms with Crippen LogP contribution in [0.3, 0.4) is 0 Å². The van der Waals surface area contributed by atoms with E-state index in [1.54, 1.807) is 28.9 Å². The molecule has 0 aliphatic carbocycles. The molecule has 0 aliphatic rings. The van der Waals surface area contributed by atoms with Gasteiger partial charge in [0.2, 0.25) is 0 Å². The van der Waals surface area contributed by atoms with Crippen LogP contribution in [0.1, 0.15) is 23.0 Å². The number of aliphatic carboxylic acids is 1. The fourth-order valence-electron chi connectivity index (χ4n) is 2.09. The molecule has 2 aromatic rings. The first kappa shape index (κ1) is 16.7. The summed E-state index contributed by atoms with van der Waals surface area (Å²) in [4.78, 5) is 23.6. The molecule has 1 atom stereocenters. The molecule has 0 saturated heterocycles. The van der Waals surface area contributed by atoms with Gasteiger partial charge in [-0.1, -0.05) is 0 Å². The quantitative estimate of drug-likeness (QED) is 0.840. The third-order valence-corrected chi connectivity index (χ3v) is 3.41. The van der Waals surface area contributed by atoms with Crippen LogP contribution < -0.4 is 5.32 Å². The molecule has 0 saturated carbocycles. The number of nitrogens with zero attached hydrogens (tertiary/aromatic N) is 2. The van der Waals surface area contributed by atoms with Crippen molar-refractivity contribution < 1.29 is 19.4 Å². The predicted octanol–water partition coefficient (Wildman–Crippen LogP) is 1.40. The zero-order chi connectivity index (χ0) is 17.0. The van der Waals surface area contributed by atoms with E-state index >= 15 is 0 Å². The molecule has 23 heavy (non-hydrogen) atoms. The van der Waals surface area contributed by atoms with Gasteiger partial charge >= 0.3 is 5.97 Å². The minimum absolute atomic E-state index is 0.126. The van der Waals surface area contributed by atoms with Gasteiger partial charge in [0.15, 0.2) is 5.54 Å². The topological polar surface area (TPSA) is 93.5 Å². The molecule has 2 rings (SSSR count). The molecule has 0 fully saturated rings. The summed E-state index contributed by atoms with van der Waals surface area (Å²) in [6, 6.07) is 8.61. The number of amides is 1. The first-order valence-electron chi connectivity index (χ1n) is 7.03. The summed E-state index contributed by atoms with van der Waals surface area (Å²) in [6.45, 7) is 3.16. The van der Waals surface area contributed by atoms with Gasteiger partial charge in [-0.25, -0.2) is 9.48 Å². The van der Waals surface area contributed by atoms with Gasteiger partial charge in [-0.05, 0) is 44.2 Å². The number of carbonyl (C=O) groups excluding carboxylic acids is 1. The number of rotatable bonds is 6. The lowest BCUT2D eigenvalue weighted by molar-refractivity contribution is -0.145. The number of carboxylic acids is 1. The lowest BCUT2D eigenvalue weighted by Gasteiger charge is -2.25. The van der Waals surface area contributed by atoms with Crippen molar-refractivity contribution in [2.45, 2.75) is 19.4 Å². The molecular weight excluding hydrogens is 298 g/mol. The van der Waals surface area contributed by atoms with Crippen LogP contribution >= 0.6 is 0 Å². The Morgan fingerprint density at radius 2 is 1.96 bits per heavy atom. The Morgan fingerprint density at radius 3 is 2.43 bits per heavy atom. The largest absolute Gasteiger partial charge is 0.479 e. The van der Waals surface area contributed by atoms with Crippen molar-refractivity contribution in [1.82, 2.24) is 15.1 Å². The molecule has 1 aromatic carbocycles. The highest BCUT2D eigenvalue weighted by Gasteiger charge is 2.35. The number of hydrogen-bond donors (Lipinski definition) is 2. The molecule has 7 heteroatoms. The Morgan fingerprint density at radius 1 is 1.30 bits per heavy atom. The molecule has 122 valence electrons. The van der Waals surface area contributed by atoms with Crippen molar-refractivity contribution in [1.29, 1.82) is 0 Å². The summed E-state index contributed by atoms with van der Waals surface area (Å²) in [6.07, 6.45) is 1.82. The van der Waals surface area contributed by atoms with E-state index in [4.69, 9.17) is 4.74 Å². The summed E-state index contributed by atoms with van der Waals surface area (Å²) in [5.74, 6) is -1.63. The van der Waals surface area contributed by atoms with Crippen LogP contribution in [0.15, 0.2) is 36.5 Å². The number of aromatic nitrogens is 2. The Labute approximate surface area is 133 Å². The number of aryl methyl sites for hydroxylation is 1. The number of methoxy groups -OCH3 is 1. The van der Waals surface area contributed by atoms with Gasteiger partial charge in [0.05, 0.1) is 18.0 Å². The Kier molecular flexibility index (Phi) is 4.80. The van der Waals surface area contributed by atoms with Crippen LogP contribution in [0.25, 0.3) is 5.69 Å². The average Bonchev–Trinajstić information content (AvgIpc) is 2.94. The maximum absolute atomic E-state index is 12.2. The molecular formula is C16H19N3O4. The second-order valence-corrected chi connectivity index (χ2v) is 5.47. The molecule has 0 unspecified atom stereocenters. The number of carbonyl (C=O) groups is 2. The van der Waals surface area contributed by atoms with Gasteiger partial charge in [0.25, 0.3) is 5.91 Å². The van der Waals surface area contributed by atoms with Gasteiger partial charge < -0.3 is 15.2 Å². The first-order chi connectivity index (χ1) is 10.9. The number of ether oxygens (including phenoxy) is 1. The van der Waals surface area contributed by atoms with Crippen molar-refractivity contribution in [3.63, 3.8) is 0 Å². The summed E-state index contributed by atoms with van der Waals surface area (Å²) in [5.41, 5.74) is 0.584. The van der Waals surface area contributed by atoms with Crippen LogP contribution in [0, 0.1) is 6.92 Å². The Hall–Kier alpha value is -2.67. The van der Waals surface area contributed by atoms with Crippen LogP contribution in [0.2, 0.25) is 0 Å². The van der Waals surface area contributed by atoms with E-state index in [2.05, 4.69) is 10.4 Å². The van der Waals surface area contributed by atoms with Crippen LogP contribution in [-0.4, -0.2) is 46.0 Å². The third kappa shape index (κ3) is 3.75. The highest BCUT2D eigenvalue weighted by molar-refractivity contribution is 5.97. The van der Waals surface area contributed by atoms with Crippen LogP contribution in [-0.2, 0) is 9.53 Å². The van der Waals surface area contributed by atoms with E-state index in [-0.39, 0.29) is 6.61 Å². The summed E-state index contributed by atoms with van der Waals surface area (Å²) in [7, 11) is 1.38. The molecule has 0 radical (unpaired) electrons. The van der Waals surface area contributed by atoms with Crippen molar-refractivity contribution in [3.05, 3.63) is 47.8 Å². The fourth-order valence-corrected chi connectivity index (χ4v) is 2.09. The smallest absolute Gasteiger partial charge is 0.331 e. The van der Waals surface area contributed by atoms with E-state index in [1.165, 1.54) is 14.0 Å². The van der Waals surface area contributed by atoms with Gasteiger partial charge in [0.1, 0.15) is 0 Å². The van der Waals surface area contributed by atoms with E-state index in [0.717, 1.165) is 11.4 Å². The SMILES string of the molecule is COC[C@@](C)(NC(=O)c1ccc(-n2ccc(C)n2)cc1)C(=O)O. The monoisotopic (exact) mass is 317 g/mol. The van der Waals surface area contributed by atoms with Crippen molar-refractivity contribution >= 4 is 11.9 Å². The number of hydrogen-bond acceptors (Lipinski definition) is 4. The maximum Gasteiger partial charge on any atom is 0.331 e. The average molecular weight is 317 g/mol. The van der Waals surface area contributed by atoms with Crippen LogP contribution in [0.5, 0.6) is 0 Å². The summed E-state index contributed by atoms with van der Waals surface area (Å²) >= 11 is 0. The molecule has 7 nitrogen and oxygen atoms in total. The van der Waals surface area contributed by atoms with Gasteiger partial charge in [-0.2, -0.15) is 5.10 Å². The van der Waals surface area contributed by atoms with E-state index < -0.39 is 17.4 Å². The lowest BCUT2D eigenvalue weighted by Crippen LogP contribution is -2.55. The second-order valence-electron chi connectivity index (χ2n) is 5.47. The van der Waals surface area contributed by atoms with Crippen molar-refractivity contribution in [2.24, 2.45) is 0 Å². The first-order valence-corrected chi connectivity index (χ1v) is 7.03. The van der Waals surface area contributed by atoms with Gasteiger partial charge in [-0.15, -0.1) is 0 Å².